The molecule has 0 saturated heterocycles. The van der Waals surface area contributed by atoms with E-state index in [9.17, 15) is 4.79 Å². The molecule has 1 amide bonds. The van der Waals surface area contributed by atoms with Crippen LogP contribution in [0.2, 0.25) is 0 Å². The van der Waals surface area contributed by atoms with Gasteiger partial charge in [-0.2, -0.15) is 0 Å². The summed E-state index contributed by atoms with van der Waals surface area (Å²) in [6.45, 7) is 0.422. The van der Waals surface area contributed by atoms with Crippen molar-refractivity contribution in [2.24, 2.45) is 0 Å². The molecule has 19 heavy (non-hydrogen) atoms. The molecule has 4 heteroatoms. The Labute approximate surface area is 111 Å². The zero-order chi connectivity index (χ0) is 13.5. The van der Waals surface area contributed by atoms with E-state index in [1.54, 1.807) is 31.6 Å². The van der Waals surface area contributed by atoms with E-state index in [0.29, 0.717) is 12.3 Å². The first kappa shape index (κ1) is 13.0. The first-order chi connectivity index (χ1) is 9.29. The summed E-state index contributed by atoms with van der Waals surface area (Å²) < 4.78 is 10.3. The van der Waals surface area contributed by atoms with Gasteiger partial charge < -0.3 is 14.5 Å². The number of hydrogen-bond acceptors (Lipinski definition) is 3. The van der Waals surface area contributed by atoms with E-state index in [-0.39, 0.29) is 5.91 Å². The summed E-state index contributed by atoms with van der Waals surface area (Å²) in [5, 5.41) is 2.79. The molecule has 4 nitrogen and oxygen atoms in total. The second kappa shape index (κ2) is 6.44. The molecular formula is C15H15NO3. The van der Waals surface area contributed by atoms with Crippen LogP contribution in [0.1, 0.15) is 11.3 Å². The van der Waals surface area contributed by atoms with Crippen LogP contribution in [0.25, 0.3) is 6.08 Å². The summed E-state index contributed by atoms with van der Waals surface area (Å²) in [5.74, 6) is 1.23. The molecule has 0 unspecified atom stereocenters. The van der Waals surface area contributed by atoms with E-state index in [1.165, 1.54) is 6.08 Å². The van der Waals surface area contributed by atoms with Crippen LogP contribution >= 0.6 is 0 Å². The molecule has 98 valence electrons. The van der Waals surface area contributed by atoms with Crippen molar-refractivity contribution < 1.29 is 13.9 Å². The van der Waals surface area contributed by atoms with Crippen molar-refractivity contribution in [3.63, 3.8) is 0 Å². The lowest BCUT2D eigenvalue weighted by Gasteiger charge is -2.08. The first-order valence-electron chi connectivity index (χ1n) is 5.91. The lowest BCUT2D eigenvalue weighted by molar-refractivity contribution is -0.116. The van der Waals surface area contributed by atoms with Crippen molar-refractivity contribution >= 4 is 12.0 Å². The highest BCUT2D eigenvalue weighted by molar-refractivity contribution is 5.91. The summed E-state index contributed by atoms with van der Waals surface area (Å²) in [6.07, 6.45) is 4.62. The van der Waals surface area contributed by atoms with Crippen molar-refractivity contribution in [1.29, 1.82) is 0 Å². The second-order valence-corrected chi connectivity index (χ2v) is 3.88. The van der Waals surface area contributed by atoms with Gasteiger partial charge in [0.15, 0.2) is 0 Å². The number of hydrogen-bond donors (Lipinski definition) is 1. The predicted molar refractivity (Wildman–Crippen MR) is 72.6 cm³/mol. The highest BCUT2D eigenvalue weighted by atomic mass is 16.5. The molecule has 1 aromatic heterocycles. The quantitative estimate of drug-likeness (QED) is 0.838. The number of methoxy groups -OCH3 is 1. The van der Waals surface area contributed by atoms with Crippen LogP contribution in [0.5, 0.6) is 5.75 Å². The molecule has 2 aromatic rings. The Bertz CT molecular complexity index is 559. The topological polar surface area (TPSA) is 51.5 Å². The van der Waals surface area contributed by atoms with Gasteiger partial charge in [-0.1, -0.05) is 18.2 Å². The molecule has 0 aliphatic rings. The SMILES string of the molecule is COc1ccccc1CNC(=O)C=Cc1ccco1. The van der Waals surface area contributed by atoms with Crippen LogP contribution < -0.4 is 10.1 Å². The Hall–Kier alpha value is -2.49. The normalized spacial score (nSPS) is 10.6. The monoisotopic (exact) mass is 257 g/mol. The van der Waals surface area contributed by atoms with Crippen LogP contribution in [0.15, 0.2) is 53.2 Å². The predicted octanol–water partition coefficient (Wildman–Crippen LogP) is 2.62. The fourth-order valence-corrected chi connectivity index (χ4v) is 1.63. The highest BCUT2D eigenvalue weighted by Crippen LogP contribution is 2.16. The maximum atomic E-state index is 11.6. The summed E-state index contributed by atoms with van der Waals surface area (Å²) in [5.41, 5.74) is 0.935. The molecule has 1 N–H and O–H groups in total. The van der Waals surface area contributed by atoms with Crippen LogP contribution in [-0.4, -0.2) is 13.0 Å². The number of carbonyl (C=O) groups is 1. The van der Waals surface area contributed by atoms with Crippen molar-refractivity contribution in [2.75, 3.05) is 7.11 Å². The fourth-order valence-electron chi connectivity index (χ4n) is 1.63. The van der Waals surface area contributed by atoms with Gasteiger partial charge in [0.2, 0.25) is 5.91 Å². The van der Waals surface area contributed by atoms with Gasteiger partial charge in [0.05, 0.1) is 13.4 Å². The minimum atomic E-state index is -0.178. The lowest BCUT2D eigenvalue weighted by Crippen LogP contribution is -2.20. The number of benzene rings is 1. The number of nitrogens with one attached hydrogen (secondary N) is 1. The Morgan fingerprint density at radius 2 is 2.16 bits per heavy atom. The van der Waals surface area contributed by atoms with Gasteiger partial charge in [0, 0.05) is 18.2 Å². The third-order valence-electron chi connectivity index (χ3n) is 2.59. The molecule has 0 aliphatic heterocycles. The maximum absolute atomic E-state index is 11.6. The molecule has 0 spiro atoms. The van der Waals surface area contributed by atoms with E-state index in [4.69, 9.17) is 9.15 Å². The maximum Gasteiger partial charge on any atom is 0.244 e. The first-order valence-corrected chi connectivity index (χ1v) is 5.91. The van der Waals surface area contributed by atoms with E-state index < -0.39 is 0 Å². The molecular weight excluding hydrogens is 242 g/mol. The van der Waals surface area contributed by atoms with Crippen LogP contribution in [0, 0.1) is 0 Å². The Kier molecular flexibility index (Phi) is 4.39. The summed E-state index contributed by atoms with van der Waals surface area (Å²) in [6, 6.07) is 11.1. The molecule has 0 fully saturated rings. The number of carbonyl (C=O) groups excluding carboxylic acids is 1. The van der Waals surface area contributed by atoms with Crippen molar-refractivity contribution in [1.82, 2.24) is 5.32 Å². The van der Waals surface area contributed by atoms with Crippen molar-refractivity contribution in [2.45, 2.75) is 6.54 Å². The van der Waals surface area contributed by atoms with Gasteiger partial charge in [0.25, 0.3) is 0 Å². The smallest absolute Gasteiger partial charge is 0.244 e. The molecule has 0 radical (unpaired) electrons. The van der Waals surface area contributed by atoms with Crippen LogP contribution in [0.3, 0.4) is 0 Å². The summed E-state index contributed by atoms with van der Waals surface area (Å²) in [7, 11) is 1.61. The molecule has 0 atom stereocenters. The third kappa shape index (κ3) is 3.74. The Morgan fingerprint density at radius 3 is 2.89 bits per heavy atom. The lowest BCUT2D eigenvalue weighted by atomic mass is 10.2. The number of amides is 1. The van der Waals surface area contributed by atoms with Gasteiger partial charge in [-0.25, -0.2) is 0 Å². The molecule has 0 aliphatic carbocycles. The number of para-hydroxylation sites is 1. The standard InChI is InChI=1S/C15H15NO3/c1-18-14-7-3-2-5-12(14)11-16-15(17)9-8-13-6-4-10-19-13/h2-10H,11H2,1H3,(H,16,17). The Morgan fingerprint density at radius 1 is 1.32 bits per heavy atom. The summed E-state index contributed by atoms with van der Waals surface area (Å²) in [4.78, 5) is 11.6. The zero-order valence-corrected chi connectivity index (χ0v) is 10.6. The minimum Gasteiger partial charge on any atom is -0.496 e. The van der Waals surface area contributed by atoms with Crippen LogP contribution in [0.4, 0.5) is 0 Å². The van der Waals surface area contributed by atoms with E-state index in [0.717, 1.165) is 11.3 Å². The average Bonchev–Trinajstić information content (AvgIpc) is 2.96. The average molecular weight is 257 g/mol. The van der Waals surface area contributed by atoms with Crippen molar-refractivity contribution in [3.8, 4) is 5.75 Å². The van der Waals surface area contributed by atoms with Crippen molar-refractivity contribution in [3.05, 3.63) is 60.1 Å². The number of ether oxygens (including phenoxy) is 1. The third-order valence-corrected chi connectivity index (χ3v) is 2.59. The molecule has 2 rings (SSSR count). The van der Waals surface area contributed by atoms with Gasteiger partial charge in [-0.3, -0.25) is 4.79 Å². The zero-order valence-electron chi connectivity index (χ0n) is 10.6. The highest BCUT2D eigenvalue weighted by Gasteiger charge is 2.02. The van der Waals surface area contributed by atoms with Gasteiger partial charge in [-0.05, 0) is 24.3 Å². The van der Waals surface area contributed by atoms with Gasteiger partial charge in [-0.15, -0.1) is 0 Å². The minimum absolute atomic E-state index is 0.178. The number of furan rings is 1. The molecule has 1 aromatic carbocycles. The fraction of sp³-hybridized carbons (Fsp3) is 0.133. The van der Waals surface area contributed by atoms with E-state index in [1.807, 2.05) is 24.3 Å². The largest absolute Gasteiger partial charge is 0.496 e. The molecule has 0 saturated carbocycles. The number of rotatable bonds is 5. The van der Waals surface area contributed by atoms with E-state index >= 15 is 0 Å². The van der Waals surface area contributed by atoms with E-state index in [2.05, 4.69) is 5.32 Å². The Balaban J connectivity index is 1.90. The second-order valence-electron chi connectivity index (χ2n) is 3.88. The molecule has 0 bridgehead atoms. The summed E-state index contributed by atoms with van der Waals surface area (Å²) >= 11 is 0. The van der Waals surface area contributed by atoms with Gasteiger partial charge >= 0.3 is 0 Å². The molecule has 1 heterocycles. The van der Waals surface area contributed by atoms with Crippen LogP contribution in [-0.2, 0) is 11.3 Å². The van der Waals surface area contributed by atoms with Gasteiger partial charge in [0.1, 0.15) is 11.5 Å².